The highest BCUT2D eigenvalue weighted by Gasteiger charge is 2.41. The fourth-order valence-electron chi connectivity index (χ4n) is 5.27. The van der Waals surface area contributed by atoms with Crippen LogP contribution in [0.4, 0.5) is 0 Å². The molecule has 5 nitrogen and oxygen atoms in total. The molecule has 5 heteroatoms. The first-order chi connectivity index (χ1) is 16.8. The summed E-state index contributed by atoms with van der Waals surface area (Å²) < 4.78 is 4.93. The normalized spacial score (nSPS) is 21.6. The lowest BCUT2D eigenvalue weighted by molar-refractivity contribution is 0.0600. The van der Waals surface area contributed by atoms with E-state index in [9.17, 15) is 9.59 Å². The number of hydrogen-bond acceptors (Lipinski definition) is 4. The van der Waals surface area contributed by atoms with Gasteiger partial charge in [-0.3, -0.25) is 9.79 Å². The topological polar surface area (TPSA) is 59.0 Å². The van der Waals surface area contributed by atoms with Gasteiger partial charge in [0.2, 0.25) is 0 Å². The molecule has 2 unspecified atom stereocenters. The van der Waals surface area contributed by atoms with Crippen LogP contribution in [0, 0.1) is 5.41 Å². The predicted molar refractivity (Wildman–Crippen MR) is 139 cm³/mol. The van der Waals surface area contributed by atoms with Gasteiger partial charge in [-0.1, -0.05) is 57.2 Å². The van der Waals surface area contributed by atoms with Gasteiger partial charge in [0.05, 0.1) is 18.7 Å². The minimum absolute atomic E-state index is 0.108. The number of aliphatic imine (C=N–C) groups is 1. The molecule has 2 saturated carbocycles. The van der Waals surface area contributed by atoms with E-state index >= 15 is 0 Å². The van der Waals surface area contributed by atoms with Crippen molar-refractivity contribution in [3.05, 3.63) is 71.3 Å². The van der Waals surface area contributed by atoms with Crippen LogP contribution in [0.25, 0.3) is 11.1 Å². The summed E-state index contributed by atoms with van der Waals surface area (Å²) in [7, 11) is 1.39. The summed E-state index contributed by atoms with van der Waals surface area (Å²) in [5, 5.41) is 0. The van der Waals surface area contributed by atoms with Gasteiger partial charge in [0, 0.05) is 23.4 Å². The Bertz CT molecular complexity index is 1200. The number of methoxy groups -OCH3 is 1. The number of rotatable bonds is 5. The highest BCUT2D eigenvalue weighted by molar-refractivity contribution is 6.03. The fraction of sp³-hybridized carbons (Fsp3) is 0.433. The molecule has 0 spiro atoms. The van der Waals surface area contributed by atoms with Gasteiger partial charge in [-0.2, -0.15) is 0 Å². The zero-order valence-electron chi connectivity index (χ0n) is 21.1. The largest absolute Gasteiger partial charge is 0.465 e. The van der Waals surface area contributed by atoms with Crippen LogP contribution in [0.15, 0.2) is 65.2 Å². The quantitative estimate of drug-likeness (QED) is 0.497. The third-order valence-corrected chi connectivity index (χ3v) is 7.43. The van der Waals surface area contributed by atoms with E-state index in [0.29, 0.717) is 17.2 Å². The van der Waals surface area contributed by atoms with Gasteiger partial charge in [-0.25, -0.2) is 4.79 Å². The molecule has 2 atom stereocenters. The Balaban J connectivity index is 1.36. The molecule has 0 radical (unpaired) electrons. The third kappa shape index (κ3) is 4.69. The van der Waals surface area contributed by atoms with Gasteiger partial charge in [0.1, 0.15) is 0 Å². The van der Waals surface area contributed by atoms with E-state index in [1.54, 1.807) is 6.07 Å². The number of fused-ring (bicyclic) bond motifs is 1. The lowest BCUT2D eigenvalue weighted by Crippen LogP contribution is -2.44. The molecular formula is C30H34N2O3. The Morgan fingerprint density at radius 2 is 1.69 bits per heavy atom. The molecule has 0 bridgehead atoms. The summed E-state index contributed by atoms with van der Waals surface area (Å²) in [6, 6.07) is 15.8. The van der Waals surface area contributed by atoms with Crippen LogP contribution in [-0.4, -0.2) is 47.7 Å². The average Bonchev–Trinajstić information content (AvgIpc) is 3.59. The number of carbonyl (C=O) groups is 2. The Kier molecular flexibility index (Phi) is 6.12. The highest BCUT2D eigenvalue weighted by Crippen LogP contribution is 2.39. The van der Waals surface area contributed by atoms with E-state index in [1.807, 2.05) is 42.5 Å². The molecule has 35 heavy (non-hydrogen) atoms. The molecule has 1 heterocycles. The lowest BCUT2D eigenvalue weighted by Gasteiger charge is -2.35. The van der Waals surface area contributed by atoms with Gasteiger partial charge in [0.15, 0.2) is 0 Å². The number of nitrogens with zero attached hydrogens (tertiary/aromatic N) is 2. The Hall–Kier alpha value is -3.21. The zero-order valence-corrected chi connectivity index (χ0v) is 21.1. The molecule has 2 aromatic rings. The minimum atomic E-state index is -0.365. The molecule has 5 rings (SSSR count). The molecule has 0 saturated heterocycles. The summed E-state index contributed by atoms with van der Waals surface area (Å²) >= 11 is 0. The smallest absolute Gasteiger partial charge is 0.338 e. The van der Waals surface area contributed by atoms with Crippen molar-refractivity contribution in [2.75, 3.05) is 7.11 Å². The predicted octanol–water partition coefficient (Wildman–Crippen LogP) is 6.09. The zero-order chi connectivity index (χ0) is 24.7. The van der Waals surface area contributed by atoms with E-state index in [4.69, 9.17) is 9.73 Å². The van der Waals surface area contributed by atoms with Crippen molar-refractivity contribution in [3.63, 3.8) is 0 Å². The van der Waals surface area contributed by atoms with Crippen LogP contribution in [-0.2, 0) is 4.74 Å². The number of benzene rings is 2. The summed E-state index contributed by atoms with van der Waals surface area (Å²) in [6.07, 6.45) is 7.32. The van der Waals surface area contributed by atoms with Crippen molar-refractivity contribution >= 4 is 17.6 Å². The molecule has 1 amide bonds. The molecule has 0 aromatic heterocycles. The SMILES string of the molecule is COC(=O)c1ccccc1-c1ccc(C(=O)N(C2CC2)C2CCC3=NC(C(C)(C)C)C=C3C2)cc1. The number of ether oxygens (including phenoxy) is 1. The second-order valence-electron chi connectivity index (χ2n) is 11.0. The number of hydrogen-bond donors (Lipinski definition) is 0. The number of carbonyl (C=O) groups excluding carboxylic acids is 2. The molecule has 2 aliphatic carbocycles. The summed E-state index contributed by atoms with van der Waals surface area (Å²) in [5.41, 5.74) is 5.62. The maximum atomic E-state index is 13.7. The van der Waals surface area contributed by atoms with Crippen LogP contribution in [0.5, 0.6) is 0 Å². The monoisotopic (exact) mass is 470 g/mol. The van der Waals surface area contributed by atoms with Gasteiger partial charge in [-0.05, 0) is 72.4 Å². The number of esters is 1. The number of amides is 1. The molecule has 182 valence electrons. The molecule has 2 fully saturated rings. The van der Waals surface area contributed by atoms with Crippen LogP contribution in [0.1, 0.15) is 73.6 Å². The maximum Gasteiger partial charge on any atom is 0.338 e. The fourth-order valence-corrected chi connectivity index (χ4v) is 5.27. The molecular weight excluding hydrogens is 436 g/mol. The Labute approximate surface area is 207 Å². The molecule has 0 N–H and O–H groups in total. The first-order valence-electron chi connectivity index (χ1n) is 12.6. The molecule has 1 aliphatic heterocycles. The van der Waals surface area contributed by atoms with Crippen LogP contribution in [0.2, 0.25) is 0 Å². The Morgan fingerprint density at radius 3 is 2.34 bits per heavy atom. The van der Waals surface area contributed by atoms with Crippen LogP contribution >= 0.6 is 0 Å². The van der Waals surface area contributed by atoms with Crippen molar-refractivity contribution < 1.29 is 14.3 Å². The standard InChI is InChI=1S/C30H34N2O3/c1-30(2,3)27-18-21-17-23(15-16-26(21)31-27)32(22-13-14-22)28(33)20-11-9-19(10-12-20)24-7-5-6-8-25(24)29(34)35-4/h5-12,18,22-23,27H,13-17H2,1-4H3. The van der Waals surface area contributed by atoms with Crippen molar-refractivity contribution in [2.45, 2.75) is 71.0 Å². The highest BCUT2D eigenvalue weighted by atomic mass is 16.5. The van der Waals surface area contributed by atoms with Crippen molar-refractivity contribution in [1.29, 1.82) is 0 Å². The van der Waals surface area contributed by atoms with Crippen LogP contribution < -0.4 is 0 Å². The van der Waals surface area contributed by atoms with E-state index in [2.05, 4.69) is 31.7 Å². The lowest BCUT2D eigenvalue weighted by atomic mass is 9.85. The maximum absolute atomic E-state index is 13.7. The van der Waals surface area contributed by atoms with Crippen molar-refractivity contribution in [2.24, 2.45) is 10.4 Å². The third-order valence-electron chi connectivity index (χ3n) is 7.43. The average molecular weight is 471 g/mol. The van der Waals surface area contributed by atoms with E-state index in [0.717, 1.165) is 43.2 Å². The van der Waals surface area contributed by atoms with E-state index in [1.165, 1.54) is 18.4 Å². The minimum Gasteiger partial charge on any atom is -0.465 e. The van der Waals surface area contributed by atoms with Gasteiger partial charge in [-0.15, -0.1) is 0 Å². The second-order valence-corrected chi connectivity index (χ2v) is 11.0. The van der Waals surface area contributed by atoms with Gasteiger partial charge in [0.25, 0.3) is 5.91 Å². The summed E-state index contributed by atoms with van der Waals surface area (Å²) in [6.45, 7) is 6.71. The van der Waals surface area contributed by atoms with Crippen molar-refractivity contribution in [3.8, 4) is 11.1 Å². The Morgan fingerprint density at radius 1 is 0.971 bits per heavy atom. The van der Waals surface area contributed by atoms with Crippen molar-refractivity contribution in [1.82, 2.24) is 4.90 Å². The first kappa shape index (κ1) is 23.5. The second kappa shape index (κ2) is 9.10. The first-order valence-corrected chi connectivity index (χ1v) is 12.6. The van der Waals surface area contributed by atoms with Gasteiger partial charge < -0.3 is 9.64 Å². The van der Waals surface area contributed by atoms with Gasteiger partial charge >= 0.3 is 5.97 Å². The van der Waals surface area contributed by atoms with E-state index in [-0.39, 0.29) is 29.4 Å². The molecule has 2 aromatic carbocycles. The summed E-state index contributed by atoms with van der Waals surface area (Å²) in [4.78, 5) is 33.0. The molecule has 3 aliphatic rings. The van der Waals surface area contributed by atoms with E-state index < -0.39 is 0 Å². The summed E-state index contributed by atoms with van der Waals surface area (Å²) in [5.74, 6) is -0.257. The van der Waals surface area contributed by atoms with Crippen LogP contribution in [0.3, 0.4) is 0 Å².